The molecule has 290 valence electrons. The van der Waals surface area contributed by atoms with E-state index in [-0.39, 0.29) is 46.4 Å². The Morgan fingerprint density at radius 1 is 1.06 bits per heavy atom. The number of allylic oxidation sites excluding steroid dienone is 5. The average molecular weight is 772 g/mol. The number of anilines is 1. The molecule has 54 heavy (non-hydrogen) atoms. The van der Waals surface area contributed by atoms with Crippen molar-refractivity contribution in [3.63, 3.8) is 0 Å². The van der Waals surface area contributed by atoms with Crippen LogP contribution in [0.4, 0.5) is 5.82 Å². The molecule has 1 spiro atoms. The van der Waals surface area contributed by atoms with E-state index in [1.54, 1.807) is 10.8 Å². The van der Waals surface area contributed by atoms with E-state index in [1.807, 2.05) is 23.9 Å². The number of esters is 2. The third-order valence-electron chi connectivity index (χ3n) is 14.7. The van der Waals surface area contributed by atoms with Crippen LogP contribution in [0.1, 0.15) is 116 Å². The summed E-state index contributed by atoms with van der Waals surface area (Å²) in [7, 11) is 3.64. The van der Waals surface area contributed by atoms with Gasteiger partial charge in [-0.05, 0) is 124 Å². The maximum Gasteiger partial charge on any atom is 0.340 e. The fourth-order valence-corrected chi connectivity index (χ4v) is 14.7. The molecule has 0 amide bonds. The molecule has 8 nitrogen and oxygen atoms in total. The van der Waals surface area contributed by atoms with Gasteiger partial charge in [-0.15, -0.1) is 0 Å². The predicted octanol–water partition coefficient (Wildman–Crippen LogP) is 9.15. The van der Waals surface area contributed by atoms with E-state index in [9.17, 15) is 14.7 Å². The van der Waals surface area contributed by atoms with Crippen molar-refractivity contribution in [1.29, 1.82) is 0 Å². The van der Waals surface area contributed by atoms with Gasteiger partial charge >= 0.3 is 11.9 Å². The number of aromatic nitrogens is 1. The van der Waals surface area contributed by atoms with Crippen molar-refractivity contribution in [3.8, 4) is 0 Å². The van der Waals surface area contributed by atoms with E-state index in [4.69, 9.17) is 9.47 Å². The van der Waals surface area contributed by atoms with Gasteiger partial charge in [-0.3, -0.25) is 0 Å². The molecule has 0 aromatic carbocycles. The number of cyclic esters (lactones) is 1. The molecule has 4 fully saturated rings. The highest BCUT2D eigenvalue weighted by Gasteiger charge is 2.68. The zero-order valence-corrected chi connectivity index (χ0v) is 33.6. The predicted molar refractivity (Wildman–Crippen MR) is 215 cm³/mol. The molecule has 0 unspecified atom stereocenters. The average Bonchev–Trinajstić information content (AvgIpc) is 3.86. The Hall–Kier alpha value is -2.53. The minimum atomic E-state index is -0.677. The Bertz CT molecular complexity index is 1790. The van der Waals surface area contributed by atoms with Crippen LogP contribution in [0.3, 0.4) is 0 Å². The number of hydrogen-bond acceptors (Lipinski definition) is 10. The van der Waals surface area contributed by atoms with Crippen LogP contribution in [-0.4, -0.2) is 45.9 Å². The summed E-state index contributed by atoms with van der Waals surface area (Å²) in [6, 6.07) is 4.22. The number of nitrogens with zero attached hydrogens (tertiary/aromatic N) is 1. The second kappa shape index (κ2) is 15.1. The third kappa shape index (κ3) is 6.43. The smallest absolute Gasteiger partial charge is 0.340 e. The van der Waals surface area contributed by atoms with Crippen LogP contribution in [0.2, 0.25) is 0 Å². The summed E-state index contributed by atoms with van der Waals surface area (Å²) in [4.78, 5) is 33.5. The first-order valence-electron chi connectivity index (χ1n) is 21.0. The van der Waals surface area contributed by atoms with E-state index < -0.39 is 11.5 Å². The molecule has 7 atom stereocenters. The molecule has 7 bridgehead atoms. The topological polar surface area (TPSA) is 110 Å². The lowest BCUT2D eigenvalue weighted by Gasteiger charge is -2.56. The number of aliphatic hydroxyl groups excluding tert-OH is 1. The van der Waals surface area contributed by atoms with Crippen molar-refractivity contribution in [2.75, 3.05) is 17.7 Å². The molecule has 4 heterocycles. The lowest BCUT2D eigenvalue weighted by Crippen LogP contribution is -2.52. The van der Waals surface area contributed by atoms with Crippen LogP contribution in [-0.2, 0) is 25.5 Å². The van der Waals surface area contributed by atoms with E-state index in [0.717, 1.165) is 91.0 Å². The molecule has 1 aromatic rings. The van der Waals surface area contributed by atoms with Gasteiger partial charge in [0.15, 0.2) is 0 Å². The number of carbonyl (C=O) groups excluding carboxylic acids is 2. The fraction of sp³-hybridized carbons (Fsp3) is 0.659. The Kier molecular flexibility index (Phi) is 10.4. The van der Waals surface area contributed by atoms with Gasteiger partial charge in [-0.25, -0.2) is 14.6 Å². The maximum atomic E-state index is 14.5. The normalized spacial score (nSPS) is 35.9. The van der Waals surface area contributed by atoms with Gasteiger partial charge < -0.3 is 25.2 Å². The monoisotopic (exact) mass is 771 g/mol. The Morgan fingerprint density at radius 2 is 1.89 bits per heavy atom. The Labute approximate surface area is 328 Å². The zero-order valence-electron chi connectivity index (χ0n) is 32.0. The number of hydrogen-bond donors (Lipinski definition) is 3. The number of aliphatic hydroxyl groups is 1. The molecule has 6 aliphatic carbocycles. The second-order valence-corrected chi connectivity index (χ2v) is 20.1. The Morgan fingerprint density at radius 3 is 2.69 bits per heavy atom. The Balaban J connectivity index is 1.19. The first kappa shape index (κ1) is 37.1. The maximum absolute atomic E-state index is 14.5. The van der Waals surface area contributed by atoms with Crippen molar-refractivity contribution in [2.24, 2.45) is 40.4 Å². The van der Waals surface area contributed by atoms with Gasteiger partial charge in [0.2, 0.25) is 0 Å². The van der Waals surface area contributed by atoms with Gasteiger partial charge in [-0.1, -0.05) is 79.0 Å². The highest BCUT2D eigenvalue weighted by molar-refractivity contribution is 8.76. The molecule has 3 aliphatic heterocycles. The number of rotatable bonds is 6. The van der Waals surface area contributed by atoms with Gasteiger partial charge in [0, 0.05) is 29.8 Å². The molecule has 9 aliphatic rings. The van der Waals surface area contributed by atoms with E-state index in [0.29, 0.717) is 24.8 Å². The summed E-state index contributed by atoms with van der Waals surface area (Å²) in [5.74, 6) is 3.86. The van der Waals surface area contributed by atoms with Crippen molar-refractivity contribution < 1.29 is 24.2 Å². The highest BCUT2D eigenvalue weighted by Crippen LogP contribution is 2.71. The largest absolute Gasteiger partial charge is 0.427 e. The van der Waals surface area contributed by atoms with Crippen molar-refractivity contribution in [2.45, 2.75) is 128 Å². The quantitative estimate of drug-likeness (QED) is 0.191. The molecule has 10 heteroatoms. The summed E-state index contributed by atoms with van der Waals surface area (Å²) in [6.07, 6.45) is 23.0. The lowest BCUT2D eigenvalue weighted by molar-refractivity contribution is -0.135. The van der Waals surface area contributed by atoms with Crippen LogP contribution >= 0.6 is 21.6 Å². The van der Waals surface area contributed by atoms with E-state index in [2.05, 4.69) is 46.8 Å². The summed E-state index contributed by atoms with van der Waals surface area (Å²) >= 11 is 0. The van der Waals surface area contributed by atoms with Crippen LogP contribution in [0.15, 0.2) is 64.3 Å². The van der Waals surface area contributed by atoms with Gasteiger partial charge in [0.1, 0.15) is 17.3 Å². The van der Waals surface area contributed by atoms with Gasteiger partial charge in [-0.2, -0.15) is 0 Å². The molecule has 1 aromatic heterocycles. The molecular weight excluding hydrogens is 715 g/mol. The second-order valence-electron chi connectivity index (χ2n) is 17.6. The standard InChI is InChI=1S/C44H57N3O5S2/c1-3-43(17-7-8-18-43)23-34-32-12-11-31-30-15-19-44(38(31)37(32)41(49)51-34)35-14-13-29(28-9-5-4-6-10-28)40(46-24-26(2)48)54-53-25-47-36-22-27(16-20-45-36)21-33(30)39(44)42(50)52-35/h14,16,20,22-23,26,28-31,38,40,46,48H,3-13,15,17-19,21,24-25H2,1-2H3,(H,45,47)/b34-23-,35-14+/t26-,29+,30-,31-,38+,40+,44-/m0/s1. The minimum Gasteiger partial charge on any atom is -0.427 e. The van der Waals surface area contributed by atoms with Crippen LogP contribution in [0, 0.1) is 40.4 Å². The molecule has 10 rings (SSSR count). The number of ether oxygens (including phenoxy) is 2. The molecule has 3 N–H and O–H groups in total. The summed E-state index contributed by atoms with van der Waals surface area (Å²) in [5.41, 5.74) is 4.54. The third-order valence-corrected chi connectivity index (χ3v) is 17.3. The SMILES string of the molecule is CCC1(/C=C2\OC(=O)C3=C2CC[C@H]2[C@@H]4CC[C@@]5(C6=C4Cc4ccnc(c4)NCSS[C@@H](NC[C@H](C)O)[C@@H](C4CCCCC4)C/C=C\5OC6=O)[C@@H]32)CCCC1. The van der Waals surface area contributed by atoms with Crippen molar-refractivity contribution >= 4 is 39.3 Å². The number of carbonyl (C=O) groups is 2. The zero-order chi connectivity index (χ0) is 37.0. The first-order valence-corrected chi connectivity index (χ1v) is 23.4. The molecule has 1 saturated heterocycles. The summed E-state index contributed by atoms with van der Waals surface area (Å²) in [5, 5.41) is 17.8. The molecular formula is C44H57N3O5S2. The van der Waals surface area contributed by atoms with Crippen LogP contribution < -0.4 is 10.6 Å². The fourth-order valence-electron chi connectivity index (χ4n) is 12.2. The van der Waals surface area contributed by atoms with Crippen LogP contribution in [0.5, 0.6) is 0 Å². The molecule has 3 saturated carbocycles. The van der Waals surface area contributed by atoms with Crippen LogP contribution in [0.25, 0.3) is 0 Å². The highest BCUT2D eigenvalue weighted by atomic mass is 33.1. The summed E-state index contributed by atoms with van der Waals surface area (Å²) < 4.78 is 12.9. The van der Waals surface area contributed by atoms with Gasteiger partial charge in [0.05, 0.1) is 28.3 Å². The minimum absolute atomic E-state index is 0.0940. The number of fused-ring (bicyclic) bond motifs is 3. The van der Waals surface area contributed by atoms with Crippen molar-refractivity contribution in [3.05, 3.63) is 69.9 Å². The van der Waals surface area contributed by atoms with Gasteiger partial charge in [0.25, 0.3) is 0 Å². The van der Waals surface area contributed by atoms with E-state index in [1.165, 1.54) is 50.5 Å². The number of nitrogens with one attached hydrogen (secondary N) is 2. The molecule has 0 radical (unpaired) electrons. The first-order chi connectivity index (χ1) is 26.3. The van der Waals surface area contributed by atoms with E-state index >= 15 is 0 Å². The summed E-state index contributed by atoms with van der Waals surface area (Å²) in [6.45, 7) is 4.63. The van der Waals surface area contributed by atoms with Crippen molar-refractivity contribution in [1.82, 2.24) is 10.3 Å². The number of pyridine rings is 1. The lowest BCUT2D eigenvalue weighted by atomic mass is 9.44.